The molecule has 0 aliphatic heterocycles. The molecule has 1 aromatic rings. The van der Waals surface area contributed by atoms with Gasteiger partial charge in [0, 0.05) is 12.5 Å². The molecule has 0 aromatic heterocycles. The second kappa shape index (κ2) is 6.76. The summed E-state index contributed by atoms with van der Waals surface area (Å²) in [4.78, 5) is 22.4. The Hall–Kier alpha value is -1.88. The highest BCUT2D eigenvalue weighted by atomic mass is 16.2. The molecule has 0 aliphatic rings. The number of primary amides is 1. The second-order valence-electron chi connectivity index (χ2n) is 4.38. The summed E-state index contributed by atoms with van der Waals surface area (Å²) in [5, 5.41) is 2.67. The van der Waals surface area contributed by atoms with Gasteiger partial charge in [-0.2, -0.15) is 0 Å². The fraction of sp³-hybridized carbons (Fsp3) is 0.385. The number of hydrogen-bond acceptors (Lipinski definition) is 3. The molecular formula is C13H19N3O2. The second-order valence-corrected chi connectivity index (χ2v) is 4.38. The molecule has 0 fully saturated rings. The van der Waals surface area contributed by atoms with Crippen molar-refractivity contribution < 1.29 is 9.59 Å². The Morgan fingerprint density at radius 1 is 1.28 bits per heavy atom. The van der Waals surface area contributed by atoms with Gasteiger partial charge in [-0.1, -0.05) is 30.3 Å². The van der Waals surface area contributed by atoms with Crippen molar-refractivity contribution in [3.05, 3.63) is 35.9 Å². The Bertz CT molecular complexity index is 406. The molecule has 0 aliphatic carbocycles. The van der Waals surface area contributed by atoms with E-state index in [0.717, 1.165) is 5.56 Å². The molecule has 98 valence electrons. The Balaban J connectivity index is 2.44. The van der Waals surface area contributed by atoms with Crippen LogP contribution in [0.1, 0.15) is 18.9 Å². The topological polar surface area (TPSA) is 98.2 Å². The fourth-order valence-corrected chi connectivity index (χ4v) is 1.66. The van der Waals surface area contributed by atoms with E-state index in [9.17, 15) is 9.59 Å². The third kappa shape index (κ3) is 4.97. The lowest BCUT2D eigenvalue weighted by molar-refractivity contribution is -0.123. The minimum Gasteiger partial charge on any atom is -0.370 e. The highest BCUT2D eigenvalue weighted by Crippen LogP contribution is 2.02. The first-order chi connectivity index (χ1) is 8.49. The number of rotatable bonds is 6. The standard InChI is InChI=1S/C13H19N3O2/c1-9(7-12(15)17)16-13(18)11(14)8-10-5-3-2-4-6-10/h2-6,9,11H,7-8,14H2,1H3,(H2,15,17)(H,16,18). The largest absolute Gasteiger partial charge is 0.370 e. The highest BCUT2D eigenvalue weighted by molar-refractivity contribution is 5.83. The van der Waals surface area contributed by atoms with Gasteiger partial charge in [-0.15, -0.1) is 0 Å². The van der Waals surface area contributed by atoms with Crippen LogP contribution in [-0.4, -0.2) is 23.9 Å². The number of nitrogens with two attached hydrogens (primary N) is 2. The average molecular weight is 249 g/mol. The third-order valence-corrected chi connectivity index (χ3v) is 2.53. The number of amides is 2. The lowest BCUT2D eigenvalue weighted by Gasteiger charge is -2.16. The van der Waals surface area contributed by atoms with Crippen molar-refractivity contribution in [1.29, 1.82) is 0 Å². The van der Waals surface area contributed by atoms with Crippen LogP contribution in [0.4, 0.5) is 0 Å². The molecule has 2 amide bonds. The molecule has 5 N–H and O–H groups in total. The van der Waals surface area contributed by atoms with Crippen LogP contribution >= 0.6 is 0 Å². The zero-order chi connectivity index (χ0) is 13.5. The number of benzene rings is 1. The Kier molecular flexibility index (Phi) is 5.32. The van der Waals surface area contributed by atoms with Crippen LogP contribution in [0.3, 0.4) is 0 Å². The van der Waals surface area contributed by atoms with Crippen LogP contribution in [0.25, 0.3) is 0 Å². The average Bonchev–Trinajstić information content (AvgIpc) is 2.28. The number of hydrogen-bond donors (Lipinski definition) is 3. The molecule has 2 atom stereocenters. The van der Waals surface area contributed by atoms with Crippen molar-refractivity contribution in [2.75, 3.05) is 0 Å². The van der Waals surface area contributed by atoms with Crippen molar-refractivity contribution in [2.24, 2.45) is 11.5 Å². The van der Waals surface area contributed by atoms with Crippen LogP contribution in [0.15, 0.2) is 30.3 Å². The van der Waals surface area contributed by atoms with Gasteiger partial charge >= 0.3 is 0 Å². The first-order valence-electron chi connectivity index (χ1n) is 5.87. The molecule has 0 spiro atoms. The van der Waals surface area contributed by atoms with E-state index in [0.29, 0.717) is 6.42 Å². The van der Waals surface area contributed by atoms with Gasteiger partial charge in [-0.3, -0.25) is 9.59 Å². The lowest BCUT2D eigenvalue weighted by atomic mass is 10.1. The minimum atomic E-state index is -0.622. The van der Waals surface area contributed by atoms with E-state index in [4.69, 9.17) is 11.5 Å². The SMILES string of the molecule is CC(CC(N)=O)NC(=O)C(N)Cc1ccccc1. The van der Waals surface area contributed by atoms with Gasteiger partial charge in [0.15, 0.2) is 0 Å². The summed E-state index contributed by atoms with van der Waals surface area (Å²) >= 11 is 0. The summed E-state index contributed by atoms with van der Waals surface area (Å²) in [6.45, 7) is 1.72. The van der Waals surface area contributed by atoms with Crippen LogP contribution in [0.2, 0.25) is 0 Å². The van der Waals surface area contributed by atoms with E-state index in [1.54, 1.807) is 6.92 Å². The number of nitrogens with one attached hydrogen (secondary N) is 1. The van der Waals surface area contributed by atoms with E-state index in [-0.39, 0.29) is 18.4 Å². The van der Waals surface area contributed by atoms with Gasteiger partial charge in [0.25, 0.3) is 0 Å². The normalized spacial score (nSPS) is 13.7. The van der Waals surface area contributed by atoms with Crippen LogP contribution in [0.5, 0.6) is 0 Å². The molecule has 18 heavy (non-hydrogen) atoms. The molecule has 1 aromatic carbocycles. The number of carbonyl (C=O) groups excluding carboxylic acids is 2. The highest BCUT2D eigenvalue weighted by Gasteiger charge is 2.16. The molecule has 1 rings (SSSR count). The van der Waals surface area contributed by atoms with Gasteiger partial charge in [0.2, 0.25) is 11.8 Å². The maximum Gasteiger partial charge on any atom is 0.237 e. The van der Waals surface area contributed by atoms with E-state index in [1.807, 2.05) is 30.3 Å². The quantitative estimate of drug-likeness (QED) is 0.658. The molecule has 0 radical (unpaired) electrons. The first-order valence-corrected chi connectivity index (χ1v) is 5.87. The zero-order valence-electron chi connectivity index (χ0n) is 10.4. The summed E-state index contributed by atoms with van der Waals surface area (Å²) in [6.07, 6.45) is 0.583. The van der Waals surface area contributed by atoms with Gasteiger partial charge in [-0.05, 0) is 18.9 Å². The molecule has 5 nitrogen and oxygen atoms in total. The monoisotopic (exact) mass is 249 g/mol. The van der Waals surface area contributed by atoms with Gasteiger partial charge in [0.1, 0.15) is 0 Å². The molecule has 5 heteroatoms. The van der Waals surface area contributed by atoms with Crippen molar-refractivity contribution in [3.8, 4) is 0 Å². The van der Waals surface area contributed by atoms with E-state index in [1.165, 1.54) is 0 Å². The van der Waals surface area contributed by atoms with Crippen LogP contribution < -0.4 is 16.8 Å². The maximum absolute atomic E-state index is 11.8. The first kappa shape index (κ1) is 14.2. The molecule has 0 saturated heterocycles. The van der Waals surface area contributed by atoms with E-state index >= 15 is 0 Å². The minimum absolute atomic E-state index is 0.115. The van der Waals surface area contributed by atoms with Gasteiger partial charge in [-0.25, -0.2) is 0 Å². The Morgan fingerprint density at radius 2 is 1.89 bits per heavy atom. The van der Waals surface area contributed by atoms with Gasteiger partial charge < -0.3 is 16.8 Å². The van der Waals surface area contributed by atoms with Crippen LogP contribution in [-0.2, 0) is 16.0 Å². The molecular weight excluding hydrogens is 230 g/mol. The molecule has 0 heterocycles. The Labute approximate surface area is 107 Å². The Morgan fingerprint density at radius 3 is 2.44 bits per heavy atom. The summed E-state index contributed by atoms with van der Waals surface area (Å²) in [5.74, 6) is -0.716. The van der Waals surface area contributed by atoms with Crippen molar-refractivity contribution in [2.45, 2.75) is 31.8 Å². The third-order valence-electron chi connectivity index (χ3n) is 2.53. The number of carbonyl (C=O) groups is 2. The van der Waals surface area contributed by atoms with Crippen molar-refractivity contribution in [3.63, 3.8) is 0 Å². The molecule has 0 saturated carbocycles. The maximum atomic E-state index is 11.8. The fourth-order valence-electron chi connectivity index (χ4n) is 1.66. The lowest BCUT2D eigenvalue weighted by Crippen LogP contribution is -2.46. The summed E-state index contributed by atoms with van der Waals surface area (Å²) in [6, 6.07) is 8.62. The predicted molar refractivity (Wildman–Crippen MR) is 69.5 cm³/mol. The van der Waals surface area contributed by atoms with Crippen LogP contribution in [0, 0.1) is 0 Å². The summed E-state index contributed by atoms with van der Waals surface area (Å²) in [7, 11) is 0. The molecule has 2 unspecified atom stereocenters. The predicted octanol–water partition coefficient (Wildman–Crippen LogP) is -0.0635. The van der Waals surface area contributed by atoms with Crippen molar-refractivity contribution in [1.82, 2.24) is 5.32 Å². The van der Waals surface area contributed by atoms with Gasteiger partial charge in [0.05, 0.1) is 6.04 Å². The van der Waals surface area contributed by atoms with E-state index < -0.39 is 11.9 Å². The van der Waals surface area contributed by atoms with Crippen molar-refractivity contribution >= 4 is 11.8 Å². The summed E-state index contributed by atoms with van der Waals surface area (Å²) < 4.78 is 0. The van der Waals surface area contributed by atoms with E-state index in [2.05, 4.69) is 5.32 Å². The smallest absolute Gasteiger partial charge is 0.237 e. The molecule has 0 bridgehead atoms. The summed E-state index contributed by atoms with van der Waals surface area (Å²) in [5.41, 5.74) is 11.8. The zero-order valence-corrected chi connectivity index (χ0v) is 10.4.